The molecule has 1 fully saturated rings. The molecule has 0 radical (unpaired) electrons. The Balaban J connectivity index is 1.40. The maximum atomic E-state index is 14.5. The Labute approximate surface area is 225 Å². The predicted octanol–water partition coefficient (Wildman–Crippen LogP) is 4.18. The molecule has 0 bridgehead atoms. The highest BCUT2D eigenvalue weighted by atomic mass is 19.1. The summed E-state index contributed by atoms with van der Waals surface area (Å²) in [5, 5.41) is 13.7. The average Bonchev–Trinajstić information content (AvgIpc) is 3.42. The number of H-pyrrole nitrogens is 1. The summed E-state index contributed by atoms with van der Waals surface area (Å²) in [5.74, 6) is 0.377. The van der Waals surface area contributed by atoms with Gasteiger partial charge in [0.05, 0.1) is 12.2 Å². The van der Waals surface area contributed by atoms with Gasteiger partial charge in [0, 0.05) is 37.3 Å². The molecule has 3 aromatic carbocycles. The van der Waals surface area contributed by atoms with E-state index in [1.54, 1.807) is 10.7 Å². The van der Waals surface area contributed by atoms with Crippen LogP contribution in [0.5, 0.6) is 0 Å². The Kier molecular flexibility index (Phi) is 6.89. The maximum absolute atomic E-state index is 14.5. The number of hydrogen-bond donors (Lipinski definition) is 1. The van der Waals surface area contributed by atoms with Crippen LogP contribution >= 0.6 is 0 Å². The number of anilines is 1. The first-order chi connectivity index (χ1) is 19.1. The zero-order chi connectivity index (χ0) is 26.8. The van der Waals surface area contributed by atoms with Crippen molar-refractivity contribution in [2.45, 2.75) is 25.9 Å². The number of aromatic nitrogens is 5. The van der Waals surface area contributed by atoms with E-state index in [1.807, 2.05) is 65.6 Å². The Morgan fingerprint density at radius 1 is 0.923 bits per heavy atom. The Morgan fingerprint density at radius 3 is 2.46 bits per heavy atom. The molecular weight excluding hydrogens is 493 g/mol. The second-order valence-corrected chi connectivity index (χ2v) is 9.89. The molecule has 0 saturated carbocycles. The van der Waals surface area contributed by atoms with Crippen molar-refractivity contribution in [1.82, 2.24) is 30.1 Å². The Morgan fingerprint density at radius 2 is 1.69 bits per heavy atom. The number of aryl methyl sites for hydroxylation is 1. The minimum absolute atomic E-state index is 0.164. The maximum Gasteiger partial charge on any atom is 0.253 e. The molecule has 6 rings (SSSR count). The lowest BCUT2D eigenvalue weighted by atomic mass is 10.0. The number of fused-ring (bicyclic) bond motifs is 1. The molecule has 1 unspecified atom stereocenters. The number of nitrogens with zero attached hydrogens (tertiary/aromatic N) is 6. The van der Waals surface area contributed by atoms with E-state index in [4.69, 9.17) is 0 Å². The zero-order valence-electron chi connectivity index (χ0n) is 21.8. The van der Waals surface area contributed by atoms with Crippen molar-refractivity contribution in [2.24, 2.45) is 0 Å². The zero-order valence-corrected chi connectivity index (χ0v) is 21.8. The largest absolute Gasteiger partial charge is 0.367 e. The van der Waals surface area contributed by atoms with Crippen LogP contribution in [-0.2, 0) is 13.0 Å². The number of pyridine rings is 1. The van der Waals surface area contributed by atoms with Crippen molar-refractivity contribution in [1.29, 1.82) is 0 Å². The number of aromatic amines is 1. The predicted molar refractivity (Wildman–Crippen MR) is 149 cm³/mol. The van der Waals surface area contributed by atoms with Crippen molar-refractivity contribution >= 4 is 16.6 Å². The average molecular weight is 524 g/mol. The van der Waals surface area contributed by atoms with Gasteiger partial charge in [0.2, 0.25) is 0 Å². The highest BCUT2D eigenvalue weighted by Crippen LogP contribution is 2.30. The molecule has 39 heavy (non-hydrogen) atoms. The van der Waals surface area contributed by atoms with Gasteiger partial charge in [0.25, 0.3) is 5.56 Å². The molecule has 2 aromatic heterocycles. The third-order valence-corrected chi connectivity index (χ3v) is 7.49. The van der Waals surface area contributed by atoms with Gasteiger partial charge >= 0.3 is 0 Å². The van der Waals surface area contributed by atoms with Crippen LogP contribution in [0.3, 0.4) is 0 Å². The van der Waals surface area contributed by atoms with Gasteiger partial charge in [-0.2, -0.15) is 0 Å². The van der Waals surface area contributed by atoms with Gasteiger partial charge in [0.15, 0.2) is 5.82 Å². The van der Waals surface area contributed by atoms with Crippen LogP contribution in [0.25, 0.3) is 10.9 Å². The number of tetrazole rings is 1. The minimum atomic E-state index is -0.468. The van der Waals surface area contributed by atoms with Crippen LogP contribution in [0, 0.1) is 5.82 Å². The third kappa shape index (κ3) is 5.05. The normalized spacial score (nSPS) is 15.1. The second-order valence-electron chi connectivity index (χ2n) is 9.89. The first-order valence-electron chi connectivity index (χ1n) is 13.3. The second kappa shape index (κ2) is 10.8. The van der Waals surface area contributed by atoms with Gasteiger partial charge in [0.1, 0.15) is 11.9 Å². The first kappa shape index (κ1) is 24.9. The van der Waals surface area contributed by atoms with E-state index in [0.29, 0.717) is 49.8 Å². The molecule has 1 atom stereocenters. The minimum Gasteiger partial charge on any atom is -0.367 e. The Hall–Kier alpha value is -4.37. The van der Waals surface area contributed by atoms with E-state index in [0.717, 1.165) is 22.9 Å². The van der Waals surface area contributed by atoms with Gasteiger partial charge in [-0.05, 0) is 63.7 Å². The first-order valence-corrected chi connectivity index (χ1v) is 13.3. The summed E-state index contributed by atoms with van der Waals surface area (Å²) < 4.78 is 16.3. The molecule has 1 N–H and O–H groups in total. The lowest BCUT2D eigenvalue weighted by molar-refractivity contribution is 0.200. The molecule has 5 aromatic rings. The van der Waals surface area contributed by atoms with E-state index in [1.165, 1.54) is 11.6 Å². The van der Waals surface area contributed by atoms with Gasteiger partial charge < -0.3 is 9.88 Å². The quantitative estimate of drug-likeness (QED) is 0.345. The summed E-state index contributed by atoms with van der Waals surface area (Å²) in [6.45, 7) is 5.06. The standard InChI is InChI=1S/C30H30FN7O/c1-2-21-12-13-26-23(18-21)19-24(30(39)32-26)28(29-33-34-35-38(29)20-22-8-4-3-5-9-22)37-16-14-36(15-17-37)27-11-7-6-10-25(27)31/h3-13,18-19,28H,2,14-17,20H2,1H3,(H,32,39). The van der Waals surface area contributed by atoms with E-state index >= 15 is 0 Å². The van der Waals surface area contributed by atoms with Crippen LogP contribution in [-0.4, -0.2) is 56.3 Å². The van der Waals surface area contributed by atoms with Crippen LogP contribution in [0.2, 0.25) is 0 Å². The number of halogens is 1. The molecule has 1 aliphatic rings. The third-order valence-electron chi connectivity index (χ3n) is 7.49. The number of nitrogens with one attached hydrogen (secondary N) is 1. The van der Waals surface area contributed by atoms with Gasteiger partial charge in [-0.25, -0.2) is 9.07 Å². The van der Waals surface area contributed by atoms with Crippen molar-refractivity contribution in [3.8, 4) is 0 Å². The number of para-hydroxylation sites is 1. The molecule has 1 saturated heterocycles. The lowest BCUT2D eigenvalue weighted by Crippen LogP contribution is -2.49. The summed E-state index contributed by atoms with van der Waals surface area (Å²) in [4.78, 5) is 20.9. The number of hydrogen-bond acceptors (Lipinski definition) is 6. The lowest BCUT2D eigenvalue weighted by Gasteiger charge is -2.39. The molecular formula is C30H30FN7O. The van der Waals surface area contributed by atoms with E-state index in [9.17, 15) is 9.18 Å². The van der Waals surface area contributed by atoms with E-state index in [2.05, 4.69) is 38.4 Å². The van der Waals surface area contributed by atoms with Gasteiger partial charge in [-0.3, -0.25) is 9.69 Å². The highest BCUT2D eigenvalue weighted by Gasteiger charge is 2.33. The highest BCUT2D eigenvalue weighted by molar-refractivity contribution is 5.80. The van der Waals surface area contributed by atoms with Crippen molar-refractivity contribution in [2.75, 3.05) is 31.1 Å². The molecule has 9 heteroatoms. The fraction of sp³-hybridized carbons (Fsp3) is 0.267. The van der Waals surface area contributed by atoms with Gasteiger partial charge in [-0.15, -0.1) is 5.10 Å². The summed E-state index contributed by atoms with van der Waals surface area (Å²) in [7, 11) is 0. The van der Waals surface area contributed by atoms with Crippen LogP contribution in [0.15, 0.2) is 83.7 Å². The van der Waals surface area contributed by atoms with Gasteiger partial charge in [-0.1, -0.05) is 55.5 Å². The van der Waals surface area contributed by atoms with Crippen LogP contribution in [0.1, 0.15) is 35.5 Å². The molecule has 198 valence electrons. The summed E-state index contributed by atoms with van der Waals surface area (Å²) >= 11 is 0. The van der Waals surface area contributed by atoms with Crippen LogP contribution < -0.4 is 10.5 Å². The fourth-order valence-corrected chi connectivity index (χ4v) is 5.40. The molecule has 1 aliphatic heterocycles. The summed E-state index contributed by atoms with van der Waals surface area (Å²) in [5.41, 5.74) is 4.09. The molecule has 0 aliphatic carbocycles. The summed E-state index contributed by atoms with van der Waals surface area (Å²) in [6, 6.07) is 24.5. The van der Waals surface area contributed by atoms with E-state index in [-0.39, 0.29) is 11.4 Å². The smallest absolute Gasteiger partial charge is 0.253 e. The Bertz CT molecular complexity index is 1640. The molecule has 0 spiro atoms. The number of benzene rings is 3. The van der Waals surface area contributed by atoms with Crippen LogP contribution in [0.4, 0.5) is 10.1 Å². The van der Waals surface area contributed by atoms with E-state index < -0.39 is 6.04 Å². The summed E-state index contributed by atoms with van der Waals surface area (Å²) in [6.07, 6.45) is 0.904. The van der Waals surface area contributed by atoms with Crippen molar-refractivity contribution < 1.29 is 4.39 Å². The number of piperazine rings is 1. The monoisotopic (exact) mass is 523 g/mol. The SMILES string of the molecule is CCc1ccc2[nH]c(=O)c(C(c3nnnn3Cc3ccccc3)N3CCN(c4ccccc4F)CC3)cc2c1. The molecule has 3 heterocycles. The number of rotatable bonds is 7. The topological polar surface area (TPSA) is 82.9 Å². The van der Waals surface area contributed by atoms with Crippen molar-refractivity contribution in [3.05, 3.63) is 118 Å². The fourth-order valence-electron chi connectivity index (χ4n) is 5.40. The molecule has 8 nitrogen and oxygen atoms in total. The van der Waals surface area contributed by atoms with Crippen molar-refractivity contribution in [3.63, 3.8) is 0 Å². The molecule has 0 amide bonds.